The van der Waals surface area contributed by atoms with Crippen LogP contribution in [0.15, 0.2) is 78.2 Å². The average Bonchev–Trinajstić information content (AvgIpc) is 3.35. The van der Waals surface area contributed by atoms with E-state index in [1.54, 1.807) is 21.3 Å². The van der Waals surface area contributed by atoms with Gasteiger partial charge in [0, 0.05) is 5.56 Å². The van der Waals surface area contributed by atoms with E-state index in [9.17, 15) is 5.26 Å². The maximum absolute atomic E-state index is 10.0. The molecule has 1 atom stereocenters. The number of nitrogens with one attached hydrogen (secondary N) is 1. The number of nitrogens with two attached hydrogens (primary N) is 1. The van der Waals surface area contributed by atoms with Crippen molar-refractivity contribution in [1.29, 1.82) is 5.26 Å². The van der Waals surface area contributed by atoms with Gasteiger partial charge in [-0.25, -0.2) is 0 Å². The number of methoxy groups -OCH3 is 3. The summed E-state index contributed by atoms with van der Waals surface area (Å²) < 4.78 is 22.3. The number of ether oxygens (including phenoxy) is 4. The largest absolute Gasteiger partial charge is 0.493 e. The van der Waals surface area contributed by atoms with Crippen LogP contribution in [-0.4, -0.2) is 31.5 Å². The van der Waals surface area contributed by atoms with E-state index in [0.717, 1.165) is 22.3 Å². The molecule has 1 aliphatic heterocycles. The fourth-order valence-corrected chi connectivity index (χ4v) is 4.52. The van der Waals surface area contributed by atoms with E-state index >= 15 is 0 Å². The van der Waals surface area contributed by atoms with E-state index in [4.69, 9.17) is 24.7 Å². The van der Waals surface area contributed by atoms with Crippen LogP contribution in [0.3, 0.4) is 0 Å². The molecule has 1 aliphatic rings. The number of fused-ring (bicyclic) bond motifs is 1. The van der Waals surface area contributed by atoms with Crippen LogP contribution in [0.2, 0.25) is 0 Å². The molecule has 0 saturated carbocycles. The Morgan fingerprint density at radius 1 is 0.889 bits per heavy atom. The molecule has 0 spiro atoms. The molecule has 3 N–H and O–H groups in total. The SMILES string of the molecule is COc1cc(-c2[nH]nc3c2[C@@H](c2ccc(-c4ccccc4)cc2)C(C#N)=C(N)O3)cc(OC)c1OC. The zero-order valence-corrected chi connectivity index (χ0v) is 20.0. The minimum Gasteiger partial charge on any atom is -0.493 e. The van der Waals surface area contributed by atoms with Gasteiger partial charge in [-0.15, -0.1) is 5.10 Å². The van der Waals surface area contributed by atoms with Crippen LogP contribution in [0, 0.1) is 11.3 Å². The Bertz CT molecular complexity index is 1460. The second-order valence-corrected chi connectivity index (χ2v) is 8.14. The van der Waals surface area contributed by atoms with Crippen LogP contribution in [-0.2, 0) is 0 Å². The normalized spacial score (nSPS) is 14.4. The Morgan fingerprint density at radius 2 is 1.53 bits per heavy atom. The van der Waals surface area contributed by atoms with Gasteiger partial charge in [-0.05, 0) is 28.8 Å². The molecule has 36 heavy (non-hydrogen) atoms. The molecular weight excluding hydrogens is 456 g/mol. The molecule has 0 amide bonds. The maximum atomic E-state index is 10.0. The third kappa shape index (κ3) is 3.77. The highest BCUT2D eigenvalue weighted by Crippen LogP contribution is 2.48. The molecule has 1 aromatic heterocycles. The van der Waals surface area contributed by atoms with Gasteiger partial charge in [-0.2, -0.15) is 5.26 Å². The molecule has 0 radical (unpaired) electrons. The van der Waals surface area contributed by atoms with E-state index in [2.05, 4.69) is 28.4 Å². The molecule has 180 valence electrons. The lowest BCUT2D eigenvalue weighted by Gasteiger charge is -2.24. The summed E-state index contributed by atoms with van der Waals surface area (Å²) in [6.45, 7) is 0. The molecule has 0 saturated heterocycles. The quantitative estimate of drug-likeness (QED) is 0.399. The number of hydrogen-bond donors (Lipinski definition) is 2. The lowest BCUT2D eigenvalue weighted by Crippen LogP contribution is -2.21. The number of nitrogens with zero attached hydrogens (tertiary/aromatic N) is 2. The molecule has 4 aromatic rings. The van der Waals surface area contributed by atoms with Crippen molar-refractivity contribution >= 4 is 0 Å². The molecule has 2 heterocycles. The lowest BCUT2D eigenvalue weighted by molar-refractivity contribution is 0.324. The van der Waals surface area contributed by atoms with Crippen LogP contribution in [0.1, 0.15) is 17.0 Å². The highest BCUT2D eigenvalue weighted by Gasteiger charge is 2.36. The van der Waals surface area contributed by atoms with Crippen molar-refractivity contribution in [3.05, 3.63) is 89.3 Å². The number of aromatic amines is 1. The third-order valence-corrected chi connectivity index (χ3v) is 6.24. The van der Waals surface area contributed by atoms with Crippen molar-refractivity contribution in [2.75, 3.05) is 21.3 Å². The Morgan fingerprint density at radius 3 is 2.11 bits per heavy atom. The van der Waals surface area contributed by atoms with Gasteiger partial charge >= 0.3 is 0 Å². The third-order valence-electron chi connectivity index (χ3n) is 6.24. The van der Waals surface area contributed by atoms with Crippen LogP contribution < -0.4 is 24.7 Å². The monoisotopic (exact) mass is 480 g/mol. The Hall–Kier alpha value is -4.90. The van der Waals surface area contributed by atoms with Crippen molar-refractivity contribution in [2.45, 2.75) is 5.92 Å². The summed E-state index contributed by atoms with van der Waals surface area (Å²) in [4.78, 5) is 0. The van der Waals surface area contributed by atoms with Gasteiger partial charge in [0.1, 0.15) is 11.6 Å². The van der Waals surface area contributed by atoms with Gasteiger partial charge in [0.15, 0.2) is 11.5 Å². The zero-order chi connectivity index (χ0) is 25.2. The first-order valence-corrected chi connectivity index (χ1v) is 11.2. The Balaban J connectivity index is 1.66. The predicted octanol–water partition coefficient (Wildman–Crippen LogP) is 4.99. The number of H-pyrrole nitrogens is 1. The first-order chi connectivity index (χ1) is 17.6. The van der Waals surface area contributed by atoms with E-state index in [1.165, 1.54) is 0 Å². The van der Waals surface area contributed by atoms with Gasteiger partial charge in [-0.3, -0.25) is 5.10 Å². The molecule has 8 heteroatoms. The smallest absolute Gasteiger partial charge is 0.244 e. The summed E-state index contributed by atoms with van der Waals surface area (Å²) in [5.41, 5.74) is 11.6. The molecule has 8 nitrogen and oxygen atoms in total. The minimum absolute atomic E-state index is 0.0325. The number of rotatable bonds is 6. The topological polar surface area (TPSA) is 115 Å². The Labute approximate surface area is 208 Å². The van der Waals surface area contributed by atoms with Crippen molar-refractivity contribution in [3.63, 3.8) is 0 Å². The molecule has 0 unspecified atom stereocenters. The highest BCUT2D eigenvalue weighted by molar-refractivity contribution is 5.75. The molecular formula is C28H24N4O4. The molecule has 0 fully saturated rings. The molecule has 0 bridgehead atoms. The number of allylic oxidation sites excluding steroid dienone is 1. The van der Waals surface area contributed by atoms with Crippen molar-refractivity contribution in [1.82, 2.24) is 10.2 Å². The summed E-state index contributed by atoms with van der Waals surface area (Å²) in [6, 6.07) is 24.0. The van der Waals surface area contributed by atoms with E-state index < -0.39 is 5.92 Å². The summed E-state index contributed by atoms with van der Waals surface area (Å²) in [5, 5.41) is 17.4. The summed E-state index contributed by atoms with van der Waals surface area (Å²) in [6.07, 6.45) is 0. The van der Waals surface area contributed by atoms with Crippen molar-refractivity contribution < 1.29 is 18.9 Å². The standard InChI is InChI=1S/C28H24N4O4/c1-33-21-13-19(14-22(34-2)26(21)35-3)25-24-23(20(15-29)27(30)36-28(24)32-31-25)18-11-9-17(10-12-18)16-7-5-4-6-8-16/h4-14,23H,30H2,1-3H3,(H,31,32)/t23-/m0/s1. The predicted molar refractivity (Wildman–Crippen MR) is 135 cm³/mol. The molecule has 3 aromatic carbocycles. The summed E-state index contributed by atoms with van der Waals surface area (Å²) >= 11 is 0. The van der Waals surface area contributed by atoms with Gasteiger partial charge in [-0.1, -0.05) is 54.6 Å². The van der Waals surface area contributed by atoms with Crippen molar-refractivity contribution in [2.24, 2.45) is 5.73 Å². The fraction of sp³-hybridized carbons (Fsp3) is 0.143. The zero-order valence-electron chi connectivity index (χ0n) is 20.0. The minimum atomic E-state index is -0.489. The van der Waals surface area contributed by atoms with Gasteiger partial charge in [0.2, 0.25) is 17.5 Å². The number of hydrogen-bond acceptors (Lipinski definition) is 7. The van der Waals surface area contributed by atoms with E-state index in [0.29, 0.717) is 40.0 Å². The second kappa shape index (κ2) is 9.39. The second-order valence-electron chi connectivity index (χ2n) is 8.14. The first kappa shape index (κ1) is 22.9. The summed E-state index contributed by atoms with van der Waals surface area (Å²) in [7, 11) is 4.66. The average molecular weight is 481 g/mol. The van der Waals surface area contributed by atoms with Gasteiger partial charge < -0.3 is 24.7 Å². The number of benzene rings is 3. The first-order valence-electron chi connectivity index (χ1n) is 11.2. The number of nitriles is 1. The van der Waals surface area contributed by atoms with Crippen LogP contribution in [0.4, 0.5) is 0 Å². The fourth-order valence-electron chi connectivity index (χ4n) is 4.52. The summed E-state index contributed by atoms with van der Waals surface area (Å²) in [5.74, 6) is 1.31. The van der Waals surface area contributed by atoms with Crippen LogP contribution in [0.5, 0.6) is 23.1 Å². The molecule has 5 rings (SSSR count). The highest BCUT2D eigenvalue weighted by atomic mass is 16.5. The number of aromatic nitrogens is 2. The van der Waals surface area contributed by atoms with E-state index in [-0.39, 0.29) is 5.88 Å². The van der Waals surface area contributed by atoms with E-state index in [1.807, 2.05) is 54.6 Å². The van der Waals surface area contributed by atoms with Gasteiger partial charge in [0.25, 0.3) is 0 Å². The maximum Gasteiger partial charge on any atom is 0.244 e. The van der Waals surface area contributed by atoms with Crippen LogP contribution in [0.25, 0.3) is 22.4 Å². The van der Waals surface area contributed by atoms with Crippen molar-refractivity contribution in [3.8, 4) is 51.6 Å². The lowest BCUT2D eigenvalue weighted by atomic mass is 9.82. The molecule has 0 aliphatic carbocycles. The van der Waals surface area contributed by atoms with Crippen LogP contribution >= 0.6 is 0 Å². The Kier molecular flexibility index (Phi) is 5.97. The van der Waals surface area contributed by atoms with Gasteiger partial charge in [0.05, 0.1) is 38.5 Å².